The molecular weight excluding hydrogens is 329 g/mol. The molecule has 0 radical (unpaired) electrons. The van der Waals surface area contributed by atoms with Gasteiger partial charge in [-0.25, -0.2) is 9.37 Å². The number of fused-ring (bicyclic) bond motifs is 1. The lowest BCUT2D eigenvalue weighted by Crippen LogP contribution is -2.38. The van der Waals surface area contributed by atoms with E-state index in [-0.39, 0.29) is 17.6 Å². The molecule has 2 heterocycles. The molecule has 0 aliphatic carbocycles. The fourth-order valence-corrected chi connectivity index (χ4v) is 3.61. The second kappa shape index (κ2) is 6.56. The summed E-state index contributed by atoms with van der Waals surface area (Å²) in [5.74, 6) is 0.998. The van der Waals surface area contributed by atoms with Crippen molar-refractivity contribution in [3.8, 4) is 0 Å². The van der Waals surface area contributed by atoms with Crippen LogP contribution >= 0.6 is 0 Å². The first-order chi connectivity index (χ1) is 12.5. The largest absolute Gasteiger partial charge is 0.342 e. The van der Waals surface area contributed by atoms with E-state index in [1.165, 1.54) is 17.7 Å². The highest BCUT2D eigenvalue weighted by molar-refractivity contribution is 5.94. The normalized spacial score (nSPS) is 15.6. The molecule has 2 aromatic carbocycles. The molecule has 0 spiro atoms. The van der Waals surface area contributed by atoms with Gasteiger partial charge in [0.25, 0.3) is 5.91 Å². The summed E-state index contributed by atoms with van der Waals surface area (Å²) in [6, 6.07) is 10.5. The molecule has 5 heteroatoms. The van der Waals surface area contributed by atoms with Crippen LogP contribution in [0.15, 0.2) is 36.4 Å². The number of hydrogen-bond acceptors (Lipinski definition) is 2. The van der Waals surface area contributed by atoms with Gasteiger partial charge in [-0.3, -0.25) is 4.79 Å². The maximum Gasteiger partial charge on any atom is 0.253 e. The van der Waals surface area contributed by atoms with Gasteiger partial charge in [-0.1, -0.05) is 6.07 Å². The van der Waals surface area contributed by atoms with Crippen molar-refractivity contribution in [2.75, 3.05) is 13.1 Å². The van der Waals surface area contributed by atoms with Crippen molar-refractivity contribution >= 4 is 16.9 Å². The van der Waals surface area contributed by atoms with Crippen molar-refractivity contribution in [3.63, 3.8) is 0 Å². The SMILES string of the molecule is Cc1ccc(C(=O)N2CCC(c3nc4ccc(F)cc4[nH]3)CC2)cc1C. The molecule has 0 unspecified atom stereocenters. The van der Waals surface area contributed by atoms with Crippen molar-refractivity contribution in [2.24, 2.45) is 0 Å². The van der Waals surface area contributed by atoms with Crippen LogP contribution in [0, 0.1) is 19.7 Å². The van der Waals surface area contributed by atoms with E-state index in [9.17, 15) is 9.18 Å². The summed E-state index contributed by atoms with van der Waals surface area (Å²) in [7, 11) is 0. The van der Waals surface area contributed by atoms with Gasteiger partial charge < -0.3 is 9.88 Å². The van der Waals surface area contributed by atoms with Crippen LogP contribution in [0.1, 0.15) is 46.1 Å². The lowest BCUT2D eigenvalue weighted by Gasteiger charge is -2.31. The number of H-pyrrole nitrogens is 1. The van der Waals surface area contributed by atoms with Crippen LogP contribution in [0.4, 0.5) is 4.39 Å². The molecule has 1 aliphatic heterocycles. The second-order valence-corrected chi connectivity index (χ2v) is 7.15. The summed E-state index contributed by atoms with van der Waals surface area (Å²) in [5, 5.41) is 0. The van der Waals surface area contributed by atoms with Crippen molar-refractivity contribution < 1.29 is 9.18 Å². The molecule has 26 heavy (non-hydrogen) atoms. The first-order valence-electron chi connectivity index (χ1n) is 9.03. The Kier molecular flexibility index (Phi) is 4.23. The number of hydrogen-bond donors (Lipinski definition) is 1. The van der Waals surface area contributed by atoms with Gasteiger partial charge in [0.05, 0.1) is 11.0 Å². The summed E-state index contributed by atoms with van der Waals surface area (Å²) < 4.78 is 13.4. The average molecular weight is 351 g/mol. The summed E-state index contributed by atoms with van der Waals surface area (Å²) in [6.07, 6.45) is 1.72. The van der Waals surface area contributed by atoms with Crippen molar-refractivity contribution in [2.45, 2.75) is 32.6 Å². The van der Waals surface area contributed by atoms with Gasteiger partial charge in [-0.2, -0.15) is 0 Å². The highest BCUT2D eigenvalue weighted by Crippen LogP contribution is 2.28. The van der Waals surface area contributed by atoms with Gasteiger partial charge in [0.15, 0.2) is 0 Å². The lowest BCUT2D eigenvalue weighted by molar-refractivity contribution is 0.0711. The topological polar surface area (TPSA) is 49.0 Å². The van der Waals surface area contributed by atoms with Crippen molar-refractivity contribution in [1.82, 2.24) is 14.9 Å². The molecule has 4 nitrogen and oxygen atoms in total. The Labute approximate surface area is 152 Å². The molecule has 1 amide bonds. The third-order valence-corrected chi connectivity index (χ3v) is 5.38. The molecule has 0 atom stereocenters. The molecule has 4 rings (SSSR count). The average Bonchev–Trinajstić information content (AvgIpc) is 3.06. The van der Waals surface area contributed by atoms with Gasteiger partial charge in [-0.05, 0) is 68.1 Å². The standard InChI is InChI=1S/C21H22FN3O/c1-13-3-4-16(11-14(13)2)21(26)25-9-7-15(8-10-25)20-23-18-6-5-17(22)12-19(18)24-20/h3-6,11-12,15H,7-10H2,1-2H3,(H,23,24). The molecule has 0 bridgehead atoms. The first-order valence-corrected chi connectivity index (χ1v) is 9.03. The van der Waals surface area contributed by atoms with Gasteiger partial charge in [0.1, 0.15) is 11.6 Å². The number of imidazole rings is 1. The Morgan fingerprint density at radius 1 is 1.12 bits per heavy atom. The number of benzene rings is 2. The zero-order valence-electron chi connectivity index (χ0n) is 15.1. The minimum atomic E-state index is -0.262. The van der Waals surface area contributed by atoms with Crippen LogP contribution in [0.2, 0.25) is 0 Å². The van der Waals surface area contributed by atoms with E-state index in [1.54, 1.807) is 6.07 Å². The van der Waals surface area contributed by atoms with E-state index >= 15 is 0 Å². The molecule has 1 aromatic heterocycles. The maximum absolute atomic E-state index is 13.4. The Morgan fingerprint density at radius 3 is 2.62 bits per heavy atom. The highest BCUT2D eigenvalue weighted by atomic mass is 19.1. The number of carbonyl (C=O) groups excluding carboxylic acids is 1. The number of aromatic amines is 1. The zero-order valence-corrected chi connectivity index (χ0v) is 15.1. The van der Waals surface area contributed by atoms with E-state index in [4.69, 9.17) is 0 Å². The van der Waals surface area contributed by atoms with Crippen LogP contribution in [0.3, 0.4) is 0 Å². The van der Waals surface area contributed by atoms with E-state index < -0.39 is 0 Å². The summed E-state index contributed by atoms with van der Waals surface area (Å²) >= 11 is 0. The number of halogens is 1. The number of aromatic nitrogens is 2. The fourth-order valence-electron chi connectivity index (χ4n) is 3.61. The number of nitrogens with zero attached hydrogens (tertiary/aromatic N) is 2. The quantitative estimate of drug-likeness (QED) is 0.747. The fraction of sp³-hybridized carbons (Fsp3) is 0.333. The molecule has 1 N–H and O–H groups in total. The van der Waals surface area contributed by atoms with Gasteiger partial charge in [-0.15, -0.1) is 0 Å². The Balaban J connectivity index is 1.46. The van der Waals surface area contributed by atoms with Crippen LogP contribution < -0.4 is 0 Å². The number of likely N-dealkylation sites (tertiary alicyclic amines) is 1. The summed E-state index contributed by atoms with van der Waals surface area (Å²) in [5.41, 5.74) is 4.61. The van der Waals surface area contributed by atoms with Crippen LogP contribution in [-0.2, 0) is 0 Å². The molecule has 134 valence electrons. The number of amides is 1. The summed E-state index contributed by atoms with van der Waals surface area (Å²) in [4.78, 5) is 22.5. The second-order valence-electron chi connectivity index (χ2n) is 7.15. The number of aryl methyl sites for hydroxylation is 2. The Hall–Kier alpha value is -2.69. The van der Waals surface area contributed by atoms with Crippen LogP contribution in [-0.4, -0.2) is 33.9 Å². The Bertz CT molecular complexity index is 971. The van der Waals surface area contributed by atoms with Crippen LogP contribution in [0.25, 0.3) is 11.0 Å². The first kappa shape index (κ1) is 16.8. The predicted molar refractivity (Wildman–Crippen MR) is 99.8 cm³/mol. The minimum absolute atomic E-state index is 0.0956. The van der Waals surface area contributed by atoms with E-state index in [2.05, 4.69) is 9.97 Å². The molecular formula is C21H22FN3O. The Morgan fingerprint density at radius 2 is 1.88 bits per heavy atom. The monoisotopic (exact) mass is 351 g/mol. The highest BCUT2D eigenvalue weighted by Gasteiger charge is 2.26. The van der Waals surface area contributed by atoms with Gasteiger partial charge in [0.2, 0.25) is 0 Å². The lowest BCUT2D eigenvalue weighted by atomic mass is 9.95. The molecule has 0 saturated carbocycles. The smallest absolute Gasteiger partial charge is 0.253 e. The molecule has 3 aromatic rings. The van der Waals surface area contributed by atoms with Crippen molar-refractivity contribution in [1.29, 1.82) is 0 Å². The summed E-state index contributed by atoms with van der Waals surface area (Å²) in [6.45, 7) is 5.50. The third-order valence-electron chi connectivity index (χ3n) is 5.38. The van der Waals surface area contributed by atoms with Gasteiger partial charge in [0, 0.05) is 24.6 Å². The molecule has 1 saturated heterocycles. The van der Waals surface area contributed by atoms with Gasteiger partial charge >= 0.3 is 0 Å². The van der Waals surface area contributed by atoms with Crippen LogP contribution in [0.5, 0.6) is 0 Å². The zero-order chi connectivity index (χ0) is 18.3. The predicted octanol–water partition coefficient (Wildman–Crippen LogP) is 4.34. The number of nitrogens with one attached hydrogen (secondary N) is 1. The van der Waals surface area contributed by atoms with E-state index in [0.717, 1.165) is 40.8 Å². The minimum Gasteiger partial charge on any atom is -0.342 e. The third kappa shape index (κ3) is 3.09. The van der Waals surface area contributed by atoms with E-state index in [0.29, 0.717) is 13.1 Å². The molecule has 1 fully saturated rings. The number of carbonyl (C=O) groups is 1. The maximum atomic E-state index is 13.4. The number of piperidine rings is 1. The van der Waals surface area contributed by atoms with Crippen molar-refractivity contribution in [3.05, 3.63) is 64.7 Å². The number of rotatable bonds is 2. The molecule has 1 aliphatic rings. The van der Waals surface area contributed by atoms with E-state index in [1.807, 2.05) is 36.9 Å².